The zero-order valence-electron chi connectivity index (χ0n) is 15.9. The van der Waals surface area contributed by atoms with Gasteiger partial charge in [0.25, 0.3) is 5.91 Å². The molecular formula is C20H18N6O2S. The standard InChI is InChI=1S/C20H18N6O2S/c1-13-17(20(29-2)25-18(24-13)15-5-3-10-28-15)19(27)22-12-14-6-7-16(21-11-14)26-9-4-8-23-26/h3-11H,12H2,1-2H3,(H,22,27). The summed E-state index contributed by atoms with van der Waals surface area (Å²) < 4.78 is 7.04. The van der Waals surface area contributed by atoms with E-state index in [0.29, 0.717) is 40.2 Å². The maximum absolute atomic E-state index is 12.8. The third-order valence-electron chi connectivity index (χ3n) is 4.22. The van der Waals surface area contributed by atoms with Gasteiger partial charge in [-0.25, -0.2) is 19.6 Å². The van der Waals surface area contributed by atoms with Crippen LogP contribution >= 0.6 is 11.8 Å². The molecule has 4 aromatic heterocycles. The smallest absolute Gasteiger partial charge is 0.256 e. The van der Waals surface area contributed by atoms with Crippen molar-refractivity contribution in [2.75, 3.05) is 6.26 Å². The zero-order chi connectivity index (χ0) is 20.2. The third kappa shape index (κ3) is 4.04. The molecule has 8 nitrogen and oxygen atoms in total. The molecule has 146 valence electrons. The summed E-state index contributed by atoms with van der Waals surface area (Å²) in [7, 11) is 0. The number of aromatic nitrogens is 5. The third-order valence-corrected chi connectivity index (χ3v) is 4.90. The van der Waals surface area contributed by atoms with Gasteiger partial charge in [0.05, 0.1) is 17.5 Å². The van der Waals surface area contributed by atoms with E-state index in [9.17, 15) is 4.79 Å². The van der Waals surface area contributed by atoms with Crippen molar-refractivity contribution in [3.8, 4) is 17.4 Å². The van der Waals surface area contributed by atoms with Crippen LogP contribution in [-0.2, 0) is 6.54 Å². The van der Waals surface area contributed by atoms with E-state index in [1.807, 2.05) is 30.7 Å². The van der Waals surface area contributed by atoms with Gasteiger partial charge in [0.15, 0.2) is 17.4 Å². The van der Waals surface area contributed by atoms with Gasteiger partial charge in [0.1, 0.15) is 5.03 Å². The first kappa shape index (κ1) is 18.9. The molecular weight excluding hydrogens is 388 g/mol. The minimum Gasteiger partial charge on any atom is -0.461 e. The first-order chi connectivity index (χ1) is 14.2. The molecule has 0 aliphatic rings. The van der Waals surface area contributed by atoms with Gasteiger partial charge in [-0.2, -0.15) is 5.10 Å². The second kappa shape index (κ2) is 8.27. The van der Waals surface area contributed by atoms with E-state index in [2.05, 4.69) is 25.4 Å². The van der Waals surface area contributed by atoms with Crippen molar-refractivity contribution in [3.05, 3.63) is 72.0 Å². The number of hydrogen-bond acceptors (Lipinski definition) is 7. The maximum Gasteiger partial charge on any atom is 0.256 e. The molecule has 4 aromatic rings. The normalized spacial score (nSPS) is 10.8. The number of aryl methyl sites for hydroxylation is 1. The fourth-order valence-corrected chi connectivity index (χ4v) is 3.43. The average Bonchev–Trinajstić information content (AvgIpc) is 3.46. The van der Waals surface area contributed by atoms with Crippen molar-refractivity contribution in [1.29, 1.82) is 0 Å². The lowest BCUT2D eigenvalue weighted by atomic mass is 10.2. The Labute approximate surface area is 171 Å². The van der Waals surface area contributed by atoms with Crippen LogP contribution in [0.15, 0.2) is 64.6 Å². The molecule has 1 amide bonds. The number of nitrogens with zero attached hydrogens (tertiary/aromatic N) is 5. The van der Waals surface area contributed by atoms with Crippen molar-refractivity contribution >= 4 is 17.7 Å². The van der Waals surface area contributed by atoms with Crippen LogP contribution in [0.3, 0.4) is 0 Å². The van der Waals surface area contributed by atoms with E-state index in [1.54, 1.807) is 42.4 Å². The highest BCUT2D eigenvalue weighted by molar-refractivity contribution is 7.98. The molecule has 29 heavy (non-hydrogen) atoms. The fraction of sp³-hybridized carbons (Fsp3) is 0.150. The van der Waals surface area contributed by atoms with Crippen molar-refractivity contribution in [1.82, 2.24) is 30.0 Å². The number of amides is 1. The molecule has 0 spiro atoms. The quantitative estimate of drug-likeness (QED) is 0.387. The van der Waals surface area contributed by atoms with Crippen LogP contribution in [0, 0.1) is 6.92 Å². The first-order valence-electron chi connectivity index (χ1n) is 8.85. The lowest BCUT2D eigenvalue weighted by molar-refractivity contribution is 0.0946. The van der Waals surface area contributed by atoms with Gasteiger partial charge in [-0.05, 0) is 43.0 Å². The molecule has 0 bridgehead atoms. The van der Waals surface area contributed by atoms with Gasteiger partial charge in [0.2, 0.25) is 0 Å². The molecule has 1 N–H and O–H groups in total. The molecule has 0 unspecified atom stereocenters. The fourth-order valence-electron chi connectivity index (χ4n) is 2.80. The van der Waals surface area contributed by atoms with Gasteiger partial charge < -0.3 is 9.73 Å². The van der Waals surface area contributed by atoms with E-state index >= 15 is 0 Å². The second-order valence-corrected chi connectivity index (χ2v) is 6.95. The predicted octanol–water partition coefficient (Wildman–Crippen LogP) is 3.28. The van der Waals surface area contributed by atoms with E-state index < -0.39 is 0 Å². The Bertz CT molecular complexity index is 1110. The molecule has 4 heterocycles. The van der Waals surface area contributed by atoms with Gasteiger partial charge in [-0.15, -0.1) is 11.8 Å². The van der Waals surface area contributed by atoms with E-state index in [0.717, 1.165) is 5.56 Å². The van der Waals surface area contributed by atoms with Gasteiger partial charge in [-0.1, -0.05) is 6.07 Å². The second-order valence-electron chi connectivity index (χ2n) is 6.15. The van der Waals surface area contributed by atoms with Crippen LogP contribution in [-0.4, -0.2) is 36.9 Å². The van der Waals surface area contributed by atoms with E-state index in [-0.39, 0.29) is 5.91 Å². The molecule has 4 rings (SSSR count). The Morgan fingerprint density at radius 2 is 2.14 bits per heavy atom. The van der Waals surface area contributed by atoms with Crippen LogP contribution in [0.1, 0.15) is 21.6 Å². The summed E-state index contributed by atoms with van der Waals surface area (Å²) >= 11 is 1.40. The Kier molecular flexibility index (Phi) is 5.39. The van der Waals surface area contributed by atoms with Crippen LogP contribution < -0.4 is 5.32 Å². The Balaban J connectivity index is 1.49. The highest BCUT2D eigenvalue weighted by Gasteiger charge is 2.19. The Morgan fingerprint density at radius 1 is 1.24 bits per heavy atom. The molecule has 9 heteroatoms. The highest BCUT2D eigenvalue weighted by Crippen LogP contribution is 2.25. The number of rotatable bonds is 6. The summed E-state index contributed by atoms with van der Waals surface area (Å²) in [6.07, 6.45) is 8.68. The Hall–Kier alpha value is -3.46. The van der Waals surface area contributed by atoms with Gasteiger partial charge >= 0.3 is 0 Å². The van der Waals surface area contributed by atoms with Gasteiger partial charge in [0, 0.05) is 25.1 Å². The minimum absolute atomic E-state index is 0.228. The molecule has 0 aliphatic heterocycles. The molecule has 0 fully saturated rings. The molecule has 0 aliphatic carbocycles. The maximum atomic E-state index is 12.8. The SMILES string of the molecule is CSc1nc(-c2ccco2)nc(C)c1C(=O)NCc1ccc(-n2cccn2)nc1. The number of nitrogens with one attached hydrogen (secondary N) is 1. The van der Waals surface area contributed by atoms with Crippen LogP contribution in [0.4, 0.5) is 0 Å². The van der Waals surface area contributed by atoms with Gasteiger partial charge in [-0.3, -0.25) is 4.79 Å². The monoisotopic (exact) mass is 406 g/mol. The lowest BCUT2D eigenvalue weighted by Crippen LogP contribution is -2.25. The molecule has 0 saturated heterocycles. The highest BCUT2D eigenvalue weighted by atomic mass is 32.2. The Morgan fingerprint density at radius 3 is 2.79 bits per heavy atom. The summed E-state index contributed by atoms with van der Waals surface area (Å²) in [5, 5.41) is 7.67. The van der Waals surface area contributed by atoms with Crippen LogP contribution in [0.2, 0.25) is 0 Å². The molecule has 0 radical (unpaired) electrons. The summed E-state index contributed by atoms with van der Waals surface area (Å²) in [6.45, 7) is 2.14. The predicted molar refractivity (Wildman–Crippen MR) is 109 cm³/mol. The minimum atomic E-state index is -0.228. The van der Waals surface area contributed by atoms with Crippen LogP contribution in [0.5, 0.6) is 0 Å². The number of carbonyl (C=O) groups is 1. The summed E-state index contributed by atoms with van der Waals surface area (Å²) in [5.74, 6) is 1.52. The number of hydrogen-bond donors (Lipinski definition) is 1. The summed E-state index contributed by atoms with van der Waals surface area (Å²) in [6, 6.07) is 9.16. The molecule has 0 aromatic carbocycles. The summed E-state index contributed by atoms with van der Waals surface area (Å²) in [5.41, 5.74) is 1.94. The number of thioether (sulfide) groups is 1. The summed E-state index contributed by atoms with van der Waals surface area (Å²) in [4.78, 5) is 26.1. The number of furan rings is 1. The number of carbonyl (C=O) groups excluding carboxylic acids is 1. The first-order valence-corrected chi connectivity index (χ1v) is 10.1. The number of pyridine rings is 1. The van der Waals surface area contributed by atoms with E-state index in [4.69, 9.17) is 4.42 Å². The zero-order valence-corrected chi connectivity index (χ0v) is 16.7. The molecule has 0 atom stereocenters. The van der Waals surface area contributed by atoms with Crippen molar-refractivity contribution in [2.45, 2.75) is 18.5 Å². The van der Waals surface area contributed by atoms with Crippen molar-refractivity contribution < 1.29 is 9.21 Å². The van der Waals surface area contributed by atoms with Crippen molar-refractivity contribution in [3.63, 3.8) is 0 Å². The molecule has 0 saturated carbocycles. The van der Waals surface area contributed by atoms with Crippen molar-refractivity contribution in [2.24, 2.45) is 0 Å². The average molecular weight is 406 g/mol. The lowest BCUT2D eigenvalue weighted by Gasteiger charge is -2.12. The van der Waals surface area contributed by atoms with Crippen LogP contribution in [0.25, 0.3) is 17.4 Å². The topological polar surface area (TPSA) is 98.7 Å². The van der Waals surface area contributed by atoms with E-state index in [1.165, 1.54) is 11.8 Å². The largest absolute Gasteiger partial charge is 0.461 e.